The van der Waals surface area contributed by atoms with Gasteiger partial charge in [0.15, 0.2) is 0 Å². The minimum Gasteiger partial charge on any atom is -0.456 e. The van der Waals surface area contributed by atoms with Crippen LogP contribution in [0.25, 0.3) is 88.0 Å². The molecule has 0 spiro atoms. The summed E-state index contributed by atoms with van der Waals surface area (Å²) in [5, 5.41) is 6.69. The number of hydrogen-bond donors (Lipinski definition) is 0. The largest absolute Gasteiger partial charge is 0.456 e. The lowest BCUT2D eigenvalue weighted by Crippen LogP contribution is -2.55. The summed E-state index contributed by atoms with van der Waals surface area (Å²) in [6, 6.07) is 48.9. The van der Waals surface area contributed by atoms with E-state index >= 15 is 0 Å². The minimum atomic E-state index is 0.187. The van der Waals surface area contributed by atoms with Gasteiger partial charge < -0.3 is 4.42 Å². The van der Waals surface area contributed by atoms with E-state index in [0.29, 0.717) is 11.1 Å². The van der Waals surface area contributed by atoms with Gasteiger partial charge >= 0.3 is 0 Å². The van der Waals surface area contributed by atoms with Gasteiger partial charge in [-0.2, -0.15) is 0 Å². The molecule has 0 bridgehead atoms. The highest BCUT2D eigenvalue weighted by Gasteiger charge is 2.21. The highest BCUT2D eigenvalue weighted by molar-refractivity contribution is 6.68. The van der Waals surface area contributed by atoms with E-state index in [1.807, 2.05) is 18.2 Å². The lowest BCUT2D eigenvalue weighted by molar-refractivity contribution is 0.669. The third-order valence-electron chi connectivity index (χ3n) is 9.95. The fourth-order valence-electron chi connectivity index (χ4n) is 7.54. The monoisotopic (exact) mass is 622 g/mol. The molecular weight excluding hydrogens is 599 g/mol. The smallest absolute Gasteiger partial charge is 0.136 e. The molecule has 8 aromatic carbocycles. The van der Waals surface area contributed by atoms with Crippen LogP contribution in [-0.4, -0.2) is 39.2 Å². The predicted molar refractivity (Wildman–Crippen MR) is 217 cm³/mol. The standard InChI is InChI=1S/C44H23B5O/c45-40-37(41(46)43(48)44(49)42(40)47)27-19-21-31-35(23-27)50-34-17-9-16-32(39(31)34)38-29-15-8-7-14-28(29)36(25-12-5-2-6-13-25)33-22-26(18-20-30(33)38)24-10-3-1-4-11-24/h1-23H. The van der Waals surface area contributed by atoms with Gasteiger partial charge in [0.25, 0.3) is 0 Å². The maximum atomic E-state index is 6.57. The van der Waals surface area contributed by atoms with Gasteiger partial charge in [-0.05, 0) is 90.3 Å². The van der Waals surface area contributed by atoms with Crippen molar-refractivity contribution in [1.29, 1.82) is 0 Å². The second-order valence-electron chi connectivity index (χ2n) is 12.7. The van der Waals surface area contributed by atoms with Crippen LogP contribution >= 0.6 is 0 Å². The van der Waals surface area contributed by atoms with Crippen LogP contribution in [0.1, 0.15) is 0 Å². The Hall–Kier alpha value is -5.60. The second-order valence-corrected chi connectivity index (χ2v) is 12.7. The van der Waals surface area contributed by atoms with Crippen LogP contribution in [-0.2, 0) is 0 Å². The van der Waals surface area contributed by atoms with E-state index in [1.54, 1.807) is 0 Å². The third kappa shape index (κ3) is 4.62. The van der Waals surface area contributed by atoms with Crippen molar-refractivity contribution in [2.24, 2.45) is 0 Å². The Morgan fingerprint density at radius 1 is 0.320 bits per heavy atom. The summed E-state index contributed by atoms with van der Waals surface area (Å²) in [5.41, 5.74) is 10.9. The molecule has 220 valence electrons. The van der Waals surface area contributed by atoms with Crippen molar-refractivity contribution in [1.82, 2.24) is 0 Å². The molecule has 9 aromatic rings. The Balaban J connectivity index is 1.36. The molecule has 0 saturated carbocycles. The van der Waals surface area contributed by atoms with Crippen molar-refractivity contribution in [2.45, 2.75) is 0 Å². The van der Waals surface area contributed by atoms with Gasteiger partial charge in [-0.15, -0.1) is 16.4 Å². The molecule has 50 heavy (non-hydrogen) atoms. The second kappa shape index (κ2) is 11.8. The molecule has 1 aromatic heterocycles. The van der Waals surface area contributed by atoms with E-state index in [0.717, 1.165) is 43.8 Å². The summed E-state index contributed by atoms with van der Waals surface area (Å²) in [7, 11) is 31.4. The average Bonchev–Trinajstić information content (AvgIpc) is 3.54. The zero-order valence-electron chi connectivity index (χ0n) is 27.1. The highest BCUT2D eigenvalue weighted by Crippen LogP contribution is 2.47. The van der Waals surface area contributed by atoms with E-state index < -0.39 is 0 Å². The predicted octanol–water partition coefficient (Wildman–Crippen LogP) is 6.53. The summed E-state index contributed by atoms with van der Waals surface area (Å²) in [5.74, 6) is 0. The van der Waals surface area contributed by atoms with E-state index in [4.69, 9.17) is 43.6 Å². The van der Waals surface area contributed by atoms with Gasteiger partial charge in [0.05, 0.1) is 0 Å². The van der Waals surface area contributed by atoms with E-state index in [-0.39, 0.29) is 27.3 Å². The lowest BCUT2D eigenvalue weighted by Gasteiger charge is -2.21. The van der Waals surface area contributed by atoms with Gasteiger partial charge in [-0.3, -0.25) is 0 Å². The maximum Gasteiger partial charge on any atom is 0.136 e. The van der Waals surface area contributed by atoms with Crippen molar-refractivity contribution >= 4 is 110 Å². The number of fused-ring (bicyclic) bond motifs is 5. The van der Waals surface area contributed by atoms with Crippen LogP contribution < -0.4 is 27.3 Å². The molecule has 0 N–H and O–H groups in total. The van der Waals surface area contributed by atoms with E-state index in [9.17, 15) is 0 Å². The number of benzene rings is 8. The zero-order chi connectivity index (χ0) is 34.1. The van der Waals surface area contributed by atoms with Crippen molar-refractivity contribution < 1.29 is 4.42 Å². The molecule has 9 rings (SSSR count). The molecule has 0 aliphatic carbocycles. The fourth-order valence-corrected chi connectivity index (χ4v) is 7.54. The Bertz CT molecular complexity index is 2780. The molecule has 6 heteroatoms. The first-order chi connectivity index (χ1) is 24.4. The van der Waals surface area contributed by atoms with Crippen molar-refractivity contribution in [3.05, 3.63) is 140 Å². The van der Waals surface area contributed by atoms with Crippen LogP contribution in [0, 0.1) is 0 Å². The molecule has 0 atom stereocenters. The van der Waals surface area contributed by atoms with Crippen LogP contribution in [0.3, 0.4) is 0 Å². The maximum absolute atomic E-state index is 6.57. The van der Waals surface area contributed by atoms with Gasteiger partial charge in [-0.1, -0.05) is 126 Å². The quantitative estimate of drug-likeness (QED) is 0.161. The first-order valence-corrected chi connectivity index (χ1v) is 16.5. The van der Waals surface area contributed by atoms with E-state index in [2.05, 4.69) is 121 Å². The van der Waals surface area contributed by atoms with Gasteiger partial charge in [0.2, 0.25) is 0 Å². The topological polar surface area (TPSA) is 13.1 Å². The Kier molecular flexibility index (Phi) is 7.18. The molecule has 10 radical (unpaired) electrons. The molecule has 0 unspecified atom stereocenters. The zero-order valence-corrected chi connectivity index (χ0v) is 27.1. The van der Waals surface area contributed by atoms with Gasteiger partial charge in [-0.25, -0.2) is 0 Å². The van der Waals surface area contributed by atoms with Crippen LogP contribution in [0.15, 0.2) is 144 Å². The molecule has 0 aliphatic rings. The van der Waals surface area contributed by atoms with Gasteiger partial charge in [0.1, 0.15) is 50.4 Å². The Morgan fingerprint density at radius 3 is 1.58 bits per heavy atom. The molecular formula is C44H23B5O. The van der Waals surface area contributed by atoms with Crippen LogP contribution in [0.4, 0.5) is 0 Å². The number of furan rings is 1. The molecule has 0 amide bonds. The van der Waals surface area contributed by atoms with Crippen molar-refractivity contribution in [3.63, 3.8) is 0 Å². The summed E-state index contributed by atoms with van der Waals surface area (Å²) < 4.78 is 6.57. The lowest BCUT2D eigenvalue weighted by atomic mass is 9.59. The Morgan fingerprint density at radius 2 is 0.880 bits per heavy atom. The highest BCUT2D eigenvalue weighted by atomic mass is 16.3. The number of rotatable bonds is 4. The summed E-state index contributed by atoms with van der Waals surface area (Å²) in [6.07, 6.45) is 0. The summed E-state index contributed by atoms with van der Waals surface area (Å²) in [6.45, 7) is 0. The van der Waals surface area contributed by atoms with Gasteiger partial charge in [0, 0.05) is 10.8 Å². The van der Waals surface area contributed by atoms with Crippen LogP contribution in [0.5, 0.6) is 0 Å². The Labute approximate surface area is 297 Å². The van der Waals surface area contributed by atoms with E-state index in [1.165, 1.54) is 33.0 Å². The number of hydrogen-bond acceptors (Lipinski definition) is 1. The first-order valence-electron chi connectivity index (χ1n) is 16.5. The first kappa shape index (κ1) is 30.5. The summed E-state index contributed by atoms with van der Waals surface area (Å²) >= 11 is 0. The fraction of sp³-hybridized carbons (Fsp3) is 0. The molecule has 1 nitrogen and oxygen atoms in total. The molecule has 1 heterocycles. The summed E-state index contributed by atoms with van der Waals surface area (Å²) in [4.78, 5) is 0. The van der Waals surface area contributed by atoms with Crippen molar-refractivity contribution in [2.75, 3.05) is 0 Å². The molecule has 0 aliphatic heterocycles. The molecule has 0 fully saturated rings. The normalized spacial score (nSPS) is 11.6. The average molecular weight is 622 g/mol. The third-order valence-corrected chi connectivity index (χ3v) is 9.95. The SMILES string of the molecule is [B]c1c([B])c([B])c(-c2ccc3c(c2)oc2cccc(-c4c5ccccc5c(-c5ccccc5)c5cc(-c6ccccc6)ccc45)c23)c([B])c1[B]. The van der Waals surface area contributed by atoms with Crippen LogP contribution in [0.2, 0.25) is 0 Å². The molecule has 0 saturated heterocycles. The minimum absolute atomic E-state index is 0.187. The van der Waals surface area contributed by atoms with Crippen molar-refractivity contribution in [3.8, 4) is 44.5 Å².